The van der Waals surface area contributed by atoms with Crippen LogP contribution in [0.4, 0.5) is 5.69 Å². The van der Waals surface area contributed by atoms with Crippen LogP contribution >= 0.6 is 11.6 Å². The van der Waals surface area contributed by atoms with Gasteiger partial charge in [-0.3, -0.25) is 14.9 Å². The minimum Gasteiger partial charge on any atom is -0.382 e. The number of hydrazone groups is 1. The highest BCUT2D eigenvalue weighted by molar-refractivity contribution is 7.89. The SMILES string of the molecule is Cc1ccc(S(=O)(=O)N/N=C(/c2nc3ccc([N+](=O)[O-])cc3[nH]c2=O)[C@@H](O)c2ccccc2Cl)cc1. The predicted molar refractivity (Wildman–Crippen MR) is 133 cm³/mol. The molecule has 4 rings (SSSR count). The molecule has 11 nitrogen and oxygen atoms in total. The van der Waals surface area contributed by atoms with Gasteiger partial charge in [-0.15, -0.1) is 0 Å². The van der Waals surface area contributed by atoms with Crippen molar-refractivity contribution in [2.45, 2.75) is 17.9 Å². The number of aryl methyl sites for hydroxylation is 1. The van der Waals surface area contributed by atoms with Gasteiger partial charge in [0.2, 0.25) is 0 Å². The molecule has 13 heteroatoms. The maximum Gasteiger partial charge on any atom is 0.276 e. The molecule has 4 aromatic rings. The summed E-state index contributed by atoms with van der Waals surface area (Å²) in [5.41, 5.74) is -0.737. The van der Waals surface area contributed by atoms with Gasteiger partial charge in [0.25, 0.3) is 21.3 Å². The lowest BCUT2D eigenvalue weighted by Crippen LogP contribution is -2.29. The molecule has 184 valence electrons. The van der Waals surface area contributed by atoms with Crippen molar-refractivity contribution >= 4 is 44.1 Å². The maximum absolute atomic E-state index is 12.9. The van der Waals surface area contributed by atoms with E-state index in [0.29, 0.717) is 0 Å². The van der Waals surface area contributed by atoms with E-state index in [-0.39, 0.29) is 32.2 Å². The van der Waals surface area contributed by atoms with Crippen LogP contribution in [-0.2, 0) is 10.0 Å². The van der Waals surface area contributed by atoms with E-state index in [9.17, 15) is 28.4 Å². The fourth-order valence-electron chi connectivity index (χ4n) is 3.33. The minimum absolute atomic E-state index is 0.0739. The molecular weight excluding hydrogens is 510 g/mol. The number of hydrogen-bond donors (Lipinski definition) is 3. The van der Waals surface area contributed by atoms with Gasteiger partial charge in [0.15, 0.2) is 5.69 Å². The van der Waals surface area contributed by atoms with E-state index in [2.05, 4.69) is 15.1 Å². The first-order valence-electron chi connectivity index (χ1n) is 10.3. The number of nitrogens with one attached hydrogen (secondary N) is 2. The standard InChI is InChI=1S/C23H18ClN5O6S/c1-13-6-9-15(10-7-13)36(34,35)28-27-20(22(30)16-4-2-3-5-17(16)24)21-23(31)26-19-12-14(29(32)33)8-11-18(19)25-21/h2-12,22,28,30H,1H3,(H,26,31)/b27-20-/t22-/m0/s1. The highest BCUT2D eigenvalue weighted by Crippen LogP contribution is 2.26. The Labute approximate surface area is 209 Å². The van der Waals surface area contributed by atoms with Crippen LogP contribution in [0.2, 0.25) is 5.02 Å². The summed E-state index contributed by atoms with van der Waals surface area (Å²) in [6.45, 7) is 1.80. The molecule has 3 aromatic carbocycles. The molecule has 0 saturated carbocycles. The highest BCUT2D eigenvalue weighted by atomic mass is 35.5. The van der Waals surface area contributed by atoms with Gasteiger partial charge in [-0.25, -0.2) is 4.98 Å². The number of nitrogens with zero attached hydrogens (tertiary/aromatic N) is 3. The van der Waals surface area contributed by atoms with Crippen molar-refractivity contribution in [1.82, 2.24) is 14.8 Å². The Balaban J connectivity index is 1.86. The molecule has 0 aliphatic carbocycles. The monoisotopic (exact) mass is 527 g/mol. The fraction of sp³-hybridized carbons (Fsp3) is 0.0870. The zero-order chi connectivity index (χ0) is 26.0. The second-order valence-corrected chi connectivity index (χ2v) is 9.77. The Morgan fingerprint density at radius 3 is 2.53 bits per heavy atom. The second kappa shape index (κ2) is 9.85. The molecule has 0 spiro atoms. The number of halogens is 1. The number of H-pyrrole nitrogens is 1. The van der Waals surface area contributed by atoms with Crippen LogP contribution in [0.5, 0.6) is 0 Å². The van der Waals surface area contributed by atoms with Crippen LogP contribution in [0.15, 0.2) is 81.5 Å². The number of rotatable bonds is 7. The molecule has 0 fully saturated rings. The number of sulfonamides is 1. The topological polar surface area (TPSA) is 168 Å². The first-order chi connectivity index (χ1) is 17.1. The Hall–Kier alpha value is -4.13. The molecule has 1 atom stereocenters. The van der Waals surface area contributed by atoms with Crippen LogP contribution in [0, 0.1) is 17.0 Å². The molecule has 0 unspecified atom stereocenters. The Morgan fingerprint density at radius 1 is 1.17 bits per heavy atom. The molecule has 0 saturated heterocycles. The van der Waals surface area contributed by atoms with E-state index in [4.69, 9.17) is 11.6 Å². The average Bonchev–Trinajstić information content (AvgIpc) is 2.84. The first-order valence-corrected chi connectivity index (χ1v) is 12.2. The van der Waals surface area contributed by atoms with Gasteiger partial charge in [0.05, 0.1) is 20.9 Å². The normalized spacial score (nSPS) is 12.9. The van der Waals surface area contributed by atoms with Crippen LogP contribution in [0.1, 0.15) is 22.9 Å². The first kappa shape index (κ1) is 25.0. The summed E-state index contributed by atoms with van der Waals surface area (Å²) in [6.07, 6.45) is -1.65. The molecule has 1 aromatic heterocycles. The predicted octanol–water partition coefficient (Wildman–Crippen LogP) is 3.21. The number of fused-ring (bicyclic) bond motifs is 1. The van der Waals surface area contributed by atoms with E-state index in [1.807, 2.05) is 4.83 Å². The molecule has 0 amide bonds. The Morgan fingerprint density at radius 2 is 1.86 bits per heavy atom. The van der Waals surface area contributed by atoms with E-state index in [0.717, 1.165) is 11.6 Å². The summed E-state index contributed by atoms with van der Waals surface area (Å²) >= 11 is 6.21. The third-order valence-electron chi connectivity index (χ3n) is 5.21. The number of aromatic amines is 1. The van der Waals surface area contributed by atoms with Crippen LogP contribution < -0.4 is 10.4 Å². The minimum atomic E-state index is -4.17. The van der Waals surface area contributed by atoms with E-state index in [1.54, 1.807) is 31.2 Å². The highest BCUT2D eigenvalue weighted by Gasteiger charge is 2.26. The second-order valence-electron chi connectivity index (χ2n) is 7.70. The number of nitro benzene ring substituents is 1. The quantitative estimate of drug-likeness (QED) is 0.188. The van der Waals surface area contributed by atoms with E-state index >= 15 is 0 Å². The molecule has 0 aliphatic heterocycles. The van der Waals surface area contributed by atoms with Crippen LogP contribution in [0.3, 0.4) is 0 Å². The lowest BCUT2D eigenvalue weighted by atomic mass is 10.0. The van der Waals surface area contributed by atoms with E-state index < -0.39 is 38.0 Å². The largest absolute Gasteiger partial charge is 0.382 e. The van der Waals surface area contributed by atoms with Crippen molar-refractivity contribution in [2.24, 2.45) is 5.10 Å². The van der Waals surface area contributed by atoms with Crippen LogP contribution in [-0.4, -0.2) is 34.1 Å². The Bertz CT molecular complexity index is 1670. The molecule has 0 radical (unpaired) electrons. The van der Waals surface area contributed by atoms with Crippen molar-refractivity contribution in [2.75, 3.05) is 0 Å². The molecule has 3 N–H and O–H groups in total. The fourth-order valence-corrected chi connectivity index (χ4v) is 4.39. The maximum atomic E-state index is 12.9. The lowest BCUT2D eigenvalue weighted by molar-refractivity contribution is -0.384. The number of nitro groups is 1. The number of benzene rings is 3. The number of aromatic nitrogens is 2. The van der Waals surface area contributed by atoms with Crippen molar-refractivity contribution in [1.29, 1.82) is 0 Å². The lowest BCUT2D eigenvalue weighted by Gasteiger charge is -2.15. The zero-order valence-corrected chi connectivity index (χ0v) is 20.1. The summed E-state index contributed by atoms with van der Waals surface area (Å²) in [4.78, 5) is 32.0. The number of aliphatic hydroxyl groups excluding tert-OH is 1. The van der Waals surface area contributed by atoms with Crippen molar-refractivity contribution in [3.63, 3.8) is 0 Å². The van der Waals surface area contributed by atoms with Gasteiger partial charge >= 0.3 is 0 Å². The van der Waals surface area contributed by atoms with Gasteiger partial charge in [0.1, 0.15) is 11.8 Å². The summed E-state index contributed by atoms with van der Waals surface area (Å²) in [5.74, 6) is 0. The van der Waals surface area contributed by atoms with Crippen molar-refractivity contribution in [3.05, 3.63) is 109 Å². The Kier molecular flexibility index (Phi) is 6.84. The number of aliphatic hydroxyl groups is 1. The van der Waals surface area contributed by atoms with Crippen molar-refractivity contribution in [3.8, 4) is 0 Å². The molecule has 0 aliphatic rings. The summed E-state index contributed by atoms with van der Waals surface area (Å²) in [7, 11) is -4.17. The van der Waals surface area contributed by atoms with Crippen LogP contribution in [0.25, 0.3) is 11.0 Å². The van der Waals surface area contributed by atoms with Gasteiger partial charge in [-0.05, 0) is 31.2 Å². The van der Waals surface area contributed by atoms with Crippen molar-refractivity contribution < 1.29 is 18.4 Å². The third kappa shape index (κ3) is 5.10. The van der Waals surface area contributed by atoms with Gasteiger partial charge in [0, 0.05) is 22.7 Å². The zero-order valence-electron chi connectivity index (χ0n) is 18.5. The average molecular weight is 528 g/mol. The van der Waals surface area contributed by atoms with Gasteiger partial charge in [-0.2, -0.15) is 18.4 Å². The summed E-state index contributed by atoms with van der Waals surface area (Å²) in [5, 5.41) is 26.2. The van der Waals surface area contributed by atoms with Gasteiger partial charge < -0.3 is 10.1 Å². The number of hydrogen-bond acceptors (Lipinski definition) is 8. The smallest absolute Gasteiger partial charge is 0.276 e. The van der Waals surface area contributed by atoms with Gasteiger partial charge in [-0.1, -0.05) is 47.5 Å². The molecular formula is C23H18ClN5O6S. The summed E-state index contributed by atoms with van der Waals surface area (Å²) < 4.78 is 25.6. The third-order valence-corrected chi connectivity index (χ3v) is 6.77. The van der Waals surface area contributed by atoms with E-state index in [1.165, 1.54) is 36.4 Å². The molecule has 1 heterocycles. The summed E-state index contributed by atoms with van der Waals surface area (Å²) in [6, 6.07) is 15.8. The molecule has 0 bridgehead atoms. The number of non-ortho nitro benzene ring substituents is 1. The molecule has 36 heavy (non-hydrogen) atoms.